The third kappa shape index (κ3) is 2.69. The molecular weight excluding hydrogens is 290 g/mol. The topological polar surface area (TPSA) is 58.2 Å². The Hall–Kier alpha value is -1.36. The van der Waals surface area contributed by atoms with E-state index in [2.05, 4.69) is 17.1 Å². The molecule has 5 heteroatoms. The molecule has 1 amide bonds. The fourth-order valence-corrected chi connectivity index (χ4v) is 4.68. The van der Waals surface area contributed by atoms with E-state index in [1.165, 1.54) is 25.7 Å². The van der Waals surface area contributed by atoms with Gasteiger partial charge in [-0.25, -0.2) is 0 Å². The highest BCUT2D eigenvalue weighted by atomic mass is 16.5. The summed E-state index contributed by atoms with van der Waals surface area (Å²) in [5, 5.41) is 7.17. The van der Waals surface area contributed by atoms with Crippen LogP contribution in [-0.2, 0) is 16.0 Å². The van der Waals surface area contributed by atoms with Crippen LogP contribution in [0.2, 0.25) is 0 Å². The highest BCUT2D eigenvalue weighted by molar-refractivity contribution is 5.79. The van der Waals surface area contributed by atoms with Crippen LogP contribution in [0.5, 0.6) is 0 Å². The first-order valence-electron chi connectivity index (χ1n) is 8.87. The molecule has 0 aromatic carbocycles. The zero-order valence-electron chi connectivity index (χ0n) is 14.8. The molecule has 0 bridgehead atoms. The van der Waals surface area contributed by atoms with Gasteiger partial charge in [-0.05, 0) is 40.0 Å². The number of nitrogens with zero attached hydrogens (tertiary/aromatic N) is 2. The number of hydrogen-bond acceptors (Lipinski definition) is 3. The minimum Gasteiger partial charge on any atom is -0.378 e. The van der Waals surface area contributed by atoms with Gasteiger partial charge in [-0.15, -0.1) is 0 Å². The largest absolute Gasteiger partial charge is 0.378 e. The number of H-pyrrole nitrogens is 1. The number of aromatic nitrogens is 2. The maximum absolute atomic E-state index is 12.8. The lowest BCUT2D eigenvalue weighted by atomic mass is 9.60. The number of carbonyl (C=O) groups excluding carboxylic acids is 1. The number of rotatable bonds is 5. The highest BCUT2D eigenvalue weighted by Crippen LogP contribution is 2.56. The fraction of sp³-hybridized carbons (Fsp3) is 0.778. The van der Waals surface area contributed by atoms with Crippen LogP contribution in [0.4, 0.5) is 0 Å². The summed E-state index contributed by atoms with van der Waals surface area (Å²) in [7, 11) is 1.97. The number of nitrogens with one attached hydrogen (secondary N) is 1. The Balaban J connectivity index is 1.70. The van der Waals surface area contributed by atoms with E-state index in [-0.39, 0.29) is 11.3 Å². The molecule has 2 atom stereocenters. The monoisotopic (exact) mass is 319 g/mol. The second-order valence-electron chi connectivity index (χ2n) is 7.23. The second kappa shape index (κ2) is 6.27. The average Bonchev–Trinajstić information content (AvgIpc) is 3.14. The minimum absolute atomic E-state index is 0.198. The van der Waals surface area contributed by atoms with Crippen molar-refractivity contribution < 1.29 is 9.53 Å². The zero-order chi connectivity index (χ0) is 16.6. The number of ether oxygens (including phenoxy) is 1. The molecule has 2 saturated carbocycles. The first-order valence-corrected chi connectivity index (χ1v) is 8.87. The van der Waals surface area contributed by atoms with E-state index in [1.807, 2.05) is 25.8 Å². The molecule has 0 aliphatic heterocycles. The summed E-state index contributed by atoms with van der Waals surface area (Å²) in [6.07, 6.45) is 6.70. The average molecular weight is 319 g/mol. The molecule has 2 aliphatic carbocycles. The van der Waals surface area contributed by atoms with E-state index >= 15 is 0 Å². The van der Waals surface area contributed by atoms with Gasteiger partial charge in [0.1, 0.15) is 0 Å². The van der Waals surface area contributed by atoms with Crippen LogP contribution in [0.1, 0.15) is 56.0 Å². The van der Waals surface area contributed by atoms with Crippen molar-refractivity contribution in [3.63, 3.8) is 0 Å². The lowest BCUT2D eigenvalue weighted by molar-refractivity contribution is -0.172. The van der Waals surface area contributed by atoms with Crippen LogP contribution < -0.4 is 0 Å². The lowest BCUT2D eigenvalue weighted by Gasteiger charge is -2.57. The Morgan fingerprint density at radius 2 is 2.09 bits per heavy atom. The van der Waals surface area contributed by atoms with Gasteiger partial charge in [0, 0.05) is 36.4 Å². The number of hydrogen-bond donors (Lipinski definition) is 1. The molecule has 2 aliphatic rings. The standard InChI is InChI=1S/C18H29N3O2/c1-5-23-16-11-15(18(16)8-6-7-9-18)21(4)17(22)10-14-12(2)19-20-13(14)3/h15-16H,5-11H2,1-4H3,(H,19,20)/t15-,16+/m0/s1. The third-order valence-electron chi connectivity index (χ3n) is 6.11. The van der Waals surface area contributed by atoms with Crippen molar-refractivity contribution in [2.45, 2.75) is 71.4 Å². The molecule has 1 heterocycles. The van der Waals surface area contributed by atoms with Crippen LogP contribution in [0.15, 0.2) is 0 Å². The van der Waals surface area contributed by atoms with Crippen LogP contribution in [0.3, 0.4) is 0 Å². The van der Waals surface area contributed by atoms with E-state index in [0.29, 0.717) is 18.6 Å². The van der Waals surface area contributed by atoms with Gasteiger partial charge in [0.05, 0.1) is 18.2 Å². The molecule has 0 unspecified atom stereocenters. The van der Waals surface area contributed by atoms with Crippen molar-refractivity contribution in [3.05, 3.63) is 17.0 Å². The Kier molecular flexibility index (Phi) is 4.50. The summed E-state index contributed by atoms with van der Waals surface area (Å²) in [5.41, 5.74) is 3.19. The minimum atomic E-state index is 0.198. The highest BCUT2D eigenvalue weighted by Gasteiger charge is 2.58. The van der Waals surface area contributed by atoms with E-state index in [0.717, 1.165) is 30.0 Å². The molecule has 3 rings (SSSR count). The van der Waals surface area contributed by atoms with Crippen molar-refractivity contribution in [1.29, 1.82) is 0 Å². The van der Waals surface area contributed by atoms with Gasteiger partial charge in [-0.3, -0.25) is 9.89 Å². The summed E-state index contributed by atoms with van der Waals surface area (Å²) in [4.78, 5) is 14.8. The van der Waals surface area contributed by atoms with Crippen molar-refractivity contribution in [1.82, 2.24) is 15.1 Å². The molecule has 0 radical (unpaired) electrons. The van der Waals surface area contributed by atoms with Crippen molar-refractivity contribution in [3.8, 4) is 0 Å². The zero-order valence-corrected chi connectivity index (χ0v) is 14.8. The number of aryl methyl sites for hydroxylation is 2. The molecule has 23 heavy (non-hydrogen) atoms. The lowest BCUT2D eigenvalue weighted by Crippen LogP contribution is -2.64. The summed E-state index contributed by atoms with van der Waals surface area (Å²) in [5.74, 6) is 0.198. The predicted molar refractivity (Wildman–Crippen MR) is 89.3 cm³/mol. The van der Waals surface area contributed by atoms with Crippen LogP contribution in [0, 0.1) is 19.3 Å². The first kappa shape index (κ1) is 16.5. The quantitative estimate of drug-likeness (QED) is 0.908. The Bertz CT molecular complexity index is 555. The van der Waals surface area contributed by atoms with Gasteiger partial charge in [0.25, 0.3) is 0 Å². The third-order valence-corrected chi connectivity index (χ3v) is 6.11. The number of aromatic amines is 1. The van der Waals surface area contributed by atoms with E-state index < -0.39 is 0 Å². The number of likely N-dealkylation sites (N-methyl/N-ethyl adjacent to an activating group) is 1. The smallest absolute Gasteiger partial charge is 0.227 e. The van der Waals surface area contributed by atoms with Gasteiger partial charge in [0.15, 0.2) is 0 Å². The van der Waals surface area contributed by atoms with Crippen molar-refractivity contribution in [2.75, 3.05) is 13.7 Å². The van der Waals surface area contributed by atoms with Gasteiger partial charge in [0.2, 0.25) is 5.91 Å². The molecular formula is C18H29N3O2. The van der Waals surface area contributed by atoms with Crippen LogP contribution in [0.25, 0.3) is 0 Å². The Morgan fingerprint density at radius 1 is 1.39 bits per heavy atom. The first-order chi connectivity index (χ1) is 11.0. The molecule has 0 saturated heterocycles. The molecule has 1 spiro atoms. The molecule has 1 N–H and O–H groups in total. The van der Waals surface area contributed by atoms with Gasteiger partial charge in [-0.2, -0.15) is 5.10 Å². The summed E-state index contributed by atoms with van der Waals surface area (Å²) in [6, 6.07) is 0.335. The Labute approximate surface area is 138 Å². The predicted octanol–water partition coefficient (Wildman–Crippen LogP) is 2.77. The van der Waals surface area contributed by atoms with Crippen molar-refractivity contribution >= 4 is 5.91 Å². The Morgan fingerprint density at radius 3 is 2.65 bits per heavy atom. The van der Waals surface area contributed by atoms with Crippen LogP contribution >= 0.6 is 0 Å². The molecule has 128 valence electrons. The van der Waals surface area contributed by atoms with Crippen LogP contribution in [-0.4, -0.2) is 46.8 Å². The summed E-state index contributed by atoms with van der Waals surface area (Å²) >= 11 is 0. The number of carbonyl (C=O) groups is 1. The van der Waals surface area contributed by atoms with E-state index in [4.69, 9.17) is 4.74 Å². The summed E-state index contributed by atoms with van der Waals surface area (Å²) < 4.78 is 5.97. The van der Waals surface area contributed by atoms with E-state index in [9.17, 15) is 4.79 Å². The normalized spacial score (nSPS) is 25.6. The molecule has 1 aromatic rings. The number of amides is 1. The van der Waals surface area contributed by atoms with Gasteiger partial charge in [-0.1, -0.05) is 12.8 Å². The maximum atomic E-state index is 12.8. The van der Waals surface area contributed by atoms with Crippen molar-refractivity contribution in [2.24, 2.45) is 5.41 Å². The fourth-order valence-electron chi connectivity index (χ4n) is 4.68. The van der Waals surface area contributed by atoms with Gasteiger partial charge < -0.3 is 9.64 Å². The van der Waals surface area contributed by atoms with E-state index in [1.54, 1.807) is 0 Å². The molecule has 1 aromatic heterocycles. The summed E-state index contributed by atoms with van der Waals surface area (Å²) in [6.45, 7) is 6.77. The van der Waals surface area contributed by atoms with Gasteiger partial charge >= 0.3 is 0 Å². The molecule has 5 nitrogen and oxygen atoms in total. The second-order valence-corrected chi connectivity index (χ2v) is 7.23. The SMILES string of the molecule is CCO[C@@H]1C[C@H](N(C)C(=O)Cc2c(C)n[nH]c2C)C12CCCC2. The molecule has 2 fully saturated rings. The maximum Gasteiger partial charge on any atom is 0.227 e.